The molecular weight excluding hydrogens is 368 g/mol. The lowest BCUT2D eigenvalue weighted by Gasteiger charge is -2.17. The summed E-state index contributed by atoms with van der Waals surface area (Å²) < 4.78 is 4.76. The molecule has 2 amide bonds. The van der Waals surface area contributed by atoms with Crippen molar-refractivity contribution in [2.75, 3.05) is 13.7 Å². The fourth-order valence-corrected chi connectivity index (χ4v) is 2.70. The Kier molecular flexibility index (Phi) is 7.82. The number of benzene rings is 2. The maximum absolute atomic E-state index is 12.2. The fourth-order valence-electron chi connectivity index (χ4n) is 2.48. The quantitative estimate of drug-likeness (QED) is 0.680. The summed E-state index contributed by atoms with van der Waals surface area (Å²) in [5, 5.41) is 5.63. The number of esters is 1. The molecule has 0 heterocycles. The van der Waals surface area contributed by atoms with E-state index in [1.165, 1.54) is 7.11 Å². The largest absolute Gasteiger partial charge is 0.467 e. The first kappa shape index (κ1) is 20.5. The second-order valence-electron chi connectivity index (χ2n) is 5.82. The molecule has 27 heavy (non-hydrogen) atoms. The summed E-state index contributed by atoms with van der Waals surface area (Å²) in [7, 11) is 1.27. The van der Waals surface area contributed by atoms with E-state index in [0.717, 1.165) is 5.56 Å². The molecule has 2 aromatic rings. The van der Waals surface area contributed by atoms with Gasteiger partial charge < -0.3 is 15.4 Å². The third-order valence-corrected chi connectivity index (χ3v) is 4.19. The average molecular weight is 389 g/mol. The number of carbonyl (C=O) groups excluding carboxylic acids is 3. The molecule has 7 heteroatoms. The Morgan fingerprint density at radius 3 is 2.37 bits per heavy atom. The minimum Gasteiger partial charge on any atom is -0.467 e. The van der Waals surface area contributed by atoms with E-state index in [1.54, 1.807) is 24.3 Å². The van der Waals surface area contributed by atoms with Crippen LogP contribution in [0.25, 0.3) is 0 Å². The lowest BCUT2D eigenvalue weighted by Crippen LogP contribution is -2.44. The zero-order valence-corrected chi connectivity index (χ0v) is 15.7. The average Bonchev–Trinajstić information content (AvgIpc) is 2.68. The van der Waals surface area contributed by atoms with E-state index in [9.17, 15) is 14.4 Å². The molecule has 0 fully saturated rings. The van der Waals surface area contributed by atoms with Gasteiger partial charge in [0, 0.05) is 19.4 Å². The van der Waals surface area contributed by atoms with Crippen LogP contribution in [0.15, 0.2) is 54.6 Å². The highest BCUT2D eigenvalue weighted by Gasteiger charge is 2.21. The third kappa shape index (κ3) is 6.42. The van der Waals surface area contributed by atoms with Crippen molar-refractivity contribution in [2.24, 2.45) is 0 Å². The molecule has 2 rings (SSSR count). The summed E-state index contributed by atoms with van der Waals surface area (Å²) in [5.41, 5.74) is 1.25. The summed E-state index contributed by atoms with van der Waals surface area (Å²) in [6.07, 6.45) is 0.351. The Morgan fingerprint density at radius 1 is 1.04 bits per heavy atom. The van der Waals surface area contributed by atoms with E-state index in [-0.39, 0.29) is 24.8 Å². The van der Waals surface area contributed by atoms with Crippen molar-refractivity contribution in [1.82, 2.24) is 10.6 Å². The van der Waals surface area contributed by atoms with Crippen LogP contribution >= 0.6 is 11.6 Å². The second kappa shape index (κ2) is 10.3. The third-order valence-electron chi connectivity index (χ3n) is 3.86. The summed E-state index contributed by atoms with van der Waals surface area (Å²) in [6, 6.07) is 15.2. The maximum atomic E-state index is 12.2. The van der Waals surface area contributed by atoms with Crippen LogP contribution in [0, 0.1) is 0 Å². The first-order valence-corrected chi connectivity index (χ1v) is 8.83. The van der Waals surface area contributed by atoms with E-state index in [4.69, 9.17) is 16.3 Å². The lowest BCUT2D eigenvalue weighted by atomic mass is 10.1. The minimum atomic E-state index is -0.788. The molecule has 0 unspecified atom stereocenters. The van der Waals surface area contributed by atoms with Crippen LogP contribution in [-0.2, 0) is 20.7 Å². The summed E-state index contributed by atoms with van der Waals surface area (Å²) in [4.78, 5) is 36.2. The van der Waals surface area contributed by atoms with Gasteiger partial charge in [-0.05, 0) is 17.7 Å². The Bertz CT molecular complexity index is 796. The molecule has 0 aliphatic rings. The molecule has 0 saturated carbocycles. The molecule has 0 spiro atoms. The van der Waals surface area contributed by atoms with Gasteiger partial charge in [-0.25, -0.2) is 4.79 Å². The molecule has 2 aromatic carbocycles. The van der Waals surface area contributed by atoms with Crippen LogP contribution < -0.4 is 10.6 Å². The van der Waals surface area contributed by atoms with Crippen LogP contribution in [0.4, 0.5) is 0 Å². The van der Waals surface area contributed by atoms with Crippen molar-refractivity contribution in [3.8, 4) is 0 Å². The molecule has 1 atom stereocenters. The summed E-state index contributed by atoms with van der Waals surface area (Å²) in [5.74, 6) is -1.24. The highest BCUT2D eigenvalue weighted by Crippen LogP contribution is 2.14. The first-order valence-electron chi connectivity index (χ1n) is 8.45. The van der Waals surface area contributed by atoms with Crippen LogP contribution in [0.3, 0.4) is 0 Å². The molecule has 6 nitrogen and oxygen atoms in total. The predicted molar refractivity (Wildman–Crippen MR) is 102 cm³/mol. The fraction of sp³-hybridized carbons (Fsp3) is 0.250. The lowest BCUT2D eigenvalue weighted by molar-refractivity contribution is -0.145. The van der Waals surface area contributed by atoms with E-state index in [1.807, 2.05) is 30.3 Å². The summed E-state index contributed by atoms with van der Waals surface area (Å²) >= 11 is 5.97. The van der Waals surface area contributed by atoms with Gasteiger partial charge in [-0.2, -0.15) is 0 Å². The normalized spacial score (nSPS) is 11.3. The first-order chi connectivity index (χ1) is 13.0. The van der Waals surface area contributed by atoms with E-state index >= 15 is 0 Å². The van der Waals surface area contributed by atoms with Gasteiger partial charge in [0.2, 0.25) is 5.91 Å². The SMILES string of the molecule is COC(=O)[C@H](Cc1ccccc1)NC(=O)CCNC(=O)c1ccccc1Cl. The Morgan fingerprint density at radius 2 is 1.70 bits per heavy atom. The van der Waals surface area contributed by atoms with E-state index < -0.39 is 12.0 Å². The van der Waals surface area contributed by atoms with Gasteiger partial charge in [0.1, 0.15) is 6.04 Å². The molecule has 0 aliphatic heterocycles. The summed E-state index contributed by atoms with van der Waals surface area (Å²) in [6.45, 7) is 0.120. The van der Waals surface area contributed by atoms with Gasteiger partial charge in [0.25, 0.3) is 5.91 Å². The Hall–Kier alpha value is -2.86. The molecule has 0 bridgehead atoms. The zero-order valence-electron chi connectivity index (χ0n) is 14.9. The number of nitrogens with one attached hydrogen (secondary N) is 2. The number of amides is 2. The van der Waals surface area contributed by atoms with Gasteiger partial charge in [-0.1, -0.05) is 54.1 Å². The smallest absolute Gasteiger partial charge is 0.328 e. The molecule has 0 aromatic heterocycles. The number of ether oxygens (including phenoxy) is 1. The highest BCUT2D eigenvalue weighted by molar-refractivity contribution is 6.33. The van der Waals surface area contributed by atoms with Gasteiger partial charge in [0.15, 0.2) is 0 Å². The number of methoxy groups -OCH3 is 1. The van der Waals surface area contributed by atoms with Crippen molar-refractivity contribution in [1.29, 1.82) is 0 Å². The minimum absolute atomic E-state index is 0.0263. The maximum Gasteiger partial charge on any atom is 0.328 e. The molecule has 142 valence electrons. The van der Waals surface area contributed by atoms with Crippen LogP contribution in [0.5, 0.6) is 0 Å². The van der Waals surface area contributed by atoms with Gasteiger partial charge >= 0.3 is 5.97 Å². The predicted octanol–water partition coefficient (Wildman–Crippen LogP) is 2.36. The molecule has 0 aliphatic carbocycles. The van der Waals surface area contributed by atoms with Crippen molar-refractivity contribution in [3.05, 3.63) is 70.7 Å². The van der Waals surface area contributed by atoms with Crippen LogP contribution in [0.1, 0.15) is 22.3 Å². The van der Waals surface area contributed by atoms with Gasteiger partial charge in [-0.3, -0.25) is 9.59 Å². The Labute approximate surface area is 162 Å². The molecule has 0 saturated heterocycles. The molecule has 0 radical (unpaired) electrons. The van der Waals surface area contributed by atoms with Crippen LogP contribution in [0.2, 0.25) is 5.02 Å². The second-order valence-corrected chi connectivity index (χ2v) is 6.23. The number of hydrogen-bond acceptors (Lipinski definition) is 4. The van der Waals surface area contributed by atoms with Crippen LogP contribution in [-0.4, -0.2) is 37.5 Å². The van der Waals surface area contributed by atoms with Crippen molar-refractivity contribution in [3.63, 3.8) is 0 Å². The van der Waals surface area contributed by atoms with E-state index in [0.29, 0.717) is 17.0 Å². The van der Waals surface area contributed by atoms with Crippen molar-refractivity contribution in [2.45, 2.75) is 18.9 Å². The number of rotatable bonds is 8. The Balaban J connectivity index is 1.85. The molecular formula is C20H21ClN2O4. The number of hydrogen-bond donors (Lipinski definition) is 2. The highest BCUT2D eigenvalue weighted by atomic mass is 35.5. The monoisotopic (exact) mass is 388 g/mol. The standard InChI is InChI=1S/C20H21ClN2O4/c1-27-20(26)17(13-14-7-3-2-4-8-14)23-18(24)11-12-22-19(25)15-9-5-6-10-16(15)21/h2-10,17H,11-13H2,1H3,(H,22,25)(H,23,24)/t17-/m0/s1. The topological polar surface area (TPSA) is 84.5 Å². The number of halogens is 1. The van der Waals surface area contributed by atoms with Crippen molar-refractivity contribution >= 4 is 29.4 Å². The van der Waals surface area contributed by atoms with Gasteiger partial charge in [-0.15, -0.1) is 0 Å². The molecule has 2 N–H and O–H groups in total. The zero-order chi connectivity index (χ0) is 19.6. The van der Waals surface area contributed by atoms with Crippen molar-refractivity contribution < 1.29 is 19.1 Å². The van der Waals surface area contributed by atoms with Gasteiger partial charge in [0.05, 0.1) is 17.7 Å². The number of carbonyl (C=O) groups is 3. The van der Waals surface area contributed by atoms with E-state index in [2.05, 4.69) is 10.6 Å².